The molecule has 0 saturated heterocycles. The fraction of sp³-hybridized carbons (Fsp3) is 0.720. The molecule has 0 aliphatic heterocycles. The highest BCUT2D eigenvalue weighted by Crippen LogP contribution is 2.13. The highest BCUT2D eigenvalue weighted by molar-refractivity contribution is 5.60. The summed E-state index contributed by atoms with van der Waals surface area (Å²) in [4.78, 5) is 12.0. The molecule has 0 amide bonds. The summed E-state index contributed by atoms with van der Waals surface area (Å²) < 4.78 is 16.6. The quantitative estimate of drug-likeness (QED) is 0.188. The highest BCUT2D eigenvalue weighted by Gasteiger charge is 2.16. The molecular formula is C25H42O4. The van der Waals surface area contributed by atoms with Crippen LogP contribution in [0.5, 0.6) is 0 Å². The number of carbonyl (C=O) groups excluding carboxylic acids is 1. The van der Waals surface area contributed by atoms with Crippen molar-refractivity contribution >= 4 is 6.16 Å². The SMILES string of the molecule is CCCCCCCCCCC(COCc1ccccc1)OC(=O)OCCCCC. The molecule has 29 heavy (non-hydrogen) atoms. The third kappa shape index (κ3) is 15.0. The van der Waals surface area contributed by atoms with Crippen molar-refractivity contribution < 1.29 is 19.0 Å². The van der Waals surface area contributed by atoms with E-state index in [1.807, 2.05) is 30.3 Å². The summed E-state index contributed by atoms with van der Waals surface area (Å²) in [6.45, 7) is 5.75. The molecule has 0 radical (unpaired) electrons. The van der Waals surface area contributed by atoms with Gasteiger partial charge in [0.05, 0.1) is 19.8 Å². The Balaban J connectivity index is 2.28. The van der Waals surface area contributed by atoms with Gasteiger partial charge in [0, 0.05) is 0 Å². The molecule has 0 aliphatic carbocycles. The van der Waals surface area contributed by atoms with Crippen molar-refractivity contribution in [2.75, 3.05) is 13.2 Å². The lowest BCUT2D eigenvalue weighted by Crippen LogP contribution is -2.24. The monoisotopic (exact) mass is 406 g/mol. The van der Waals surface area contributed by atoms with Gasteiger partial charge in [-0.15, -0.1) is 0 Å². The minimum absolute atomic E-state index is 0.238. The normalized spacial score (nSPS) is 11.9. The van der Waals surface area contributed by atoms with Crippen molar-refractivity contribution in [1.82, 2.24) is 0 Å². The summed E-state index contributed by atoms with van der Waals surface area (Å²) in [5.41, 5.74) is 1.13. The number of rotatable bonds is 18. The molecule has 0 spiro atoms. The Labute approximate surface area is 178 Å². The minimum Gasteiger partial charge on any atom is -0.434 e. The molecule has 0 N–H and O–H groups in total. The Morgan fingerprint density at radius 3 is 2.14 bits per heavy atom. The molecular weight excluding hydrogens is 364 g/mol. The first-order chi connectivity index (χ1) is 14.3. The van der Waals surface area contributed by atoms with Gasteiger partial charge in [0.25, 0.3) is 0 Å². The van der Waals surface area contributed by atoms with Crippen molar-refractivity contribution in [3.05, 3.63) is 35.9 Å². The fourth-order valence-electron chi connectivity index (χ4n) is 3.24. The number of carbonyl (C=O) groups is 1. The maximum Gasteiger partial charge on any atom is 0.508 e. The molecule has 1 rings (SSSR count). The molecule has 1 atom stereocenters. The van der Waals surface area contributed by atoms with Crippen LogP contribution in [-0.4, -0.2) is 25.5 Å². The Morgan fingerprint density at radius 2 is 1.45 bits per heavy atom. The van der Waals surface area contributed by atoms with Gasteiger partial charge in [0.2, 0.25) is 0 Å². The average Bonchev–Trinajstić information content (AvgIpc) is 2.73. The maximum absolute atomic E-state index is 12.0. The fourth-order valence-corrected chi connectivity index (χ4v) is 3.24. The molecule has 0 bridgehead atoms. The number of hydrogen-bond donors (Lipinski definition) is 0. The van der Waals surface area contributed by atoms with Crippen LogP contribution in [0.2, 0.25) is 0 Å². The first-order valence-corrected chi connectivity index (χ1v) is 11.7. The van der Waals surface area contributed by atoms with E-state index in [2.05, 4.69) is 13.8 Å². The van der Waals surface area contributed by atoms with Crippen LogP contribution in [0.15, 0.2) is 30.3 Å². The Kier molecular flexibility index (Phi) is 16.2. The van der Waals surface area contributed by atoms with Gasteiger partial charge in [-0.1, -0.05) is 102 Å². The molecule has 4 nitrogen and oxygen atoms in total. The second kappa shape index (κ2) is 18.5. The molecule has 1 aromatic carbocycles. The number of unbranched alkanes of at least 4 members (excludes halogenated alkanes) is 9. The second-order valence-corrected chi connectivity index (χ2v) is 7.81. The van der Waals surface area contributed by atoms with E-state index in [9.17, 15) is 4.79 Å². The van der Waals surface area contributed by atoms with Gasteiger partial charge in [-0.25, -0.2) is 4.79 Å². The van der Waals surface area contributed by atoms with E-state index >= 15 is 0 Å². The standard InChI is InChI=1S/C25H42O4/c1-3-5-7-8-9-10-11-15-19-24(29-25(26)28-20-16-6-4-2)22-27-21-23-17-13-12-14-18-23/h12-14,17-18,24H,3-11,15-16,19-22H2,1-2H3. The van der Waals surface area contributed by atoms with Gasteiger partial charge in [0.1, 0.15) is 6.10 Å². The second-order valence-electron chi connectivity index (χ2n) is 7.81. The summed E-state index contributed by atoms with van der Waals surface area (Å²) in [7, 11) is 0. The van der Waals surface area contributed by atoms with Gasteiger partial charge in [-0.3, -0.25) is 0 Å². The number of benzene rings is 1. The lowest BCUT2D eigenvalue weighted by molar-refractivity contribution is -0.0240. The molecule has 1 unspecified atom stereocenters. The van der Waals surface area contributed by atoms with Gasteiger partial charge in [-0.05, 0) is 24.8 Å². The Bertz CT molecular complexity index is 489. The number of hydrogen-bond acceptors (Lipinski definition) is 4. The zero-order chi connectivity index (χ0) is 21.0. The molecule has 0 heterocycles. The van der Waals surface area contributed by atoms with E-state index in [1.165, 1.54) is 44.9 Å². The van der Waals surface area contributed by atoms with Crippen LogP contribution >= 0.6 is 0 Å². The summed E-state index contributed by atoms with van der Waals surface area (Å²) in [5.74, 6) is 0. The largest absolute Gasteiger partial charge is 0.508 e. The zero-order valence-electron chi connectivity index (χ0n) is 18.7. The predicted octanol–water partition coefficient (Wildman–Crippen LogP) is 7.45. The van der Waals surface area contributed by atoms with E-state index in [4.69, 9.17) is 14.2 Å². The third-order valence-electron chi connectivity index (χ3n) is 5.03. The van der Waals surface area contributed by atoms with Gasteiger partial charge >= 0.3 is 6.16 Å². The molecule has 0 fully saturated rings. The van der Waals surface area contributed by atoms with E-state index in [1.54, 1.807) is 0 Å². The first kappa shape index (κ1) is 25.5. The van der Waals surface area contributed by atoms with E-state index in [-0.39, 0.29) is 6.10 Å². The number of ether oxygens (including phenoxy) is 3. The van der Waals surface area contributed by atoms with Crippen molar-refractivity contribution in [2.45, 2.75) is 104 Å². The van der Waals surface area contributed by atoms with Crippen molar-refractivity contribution in [2.24, 2.45) is 0 Å². The van der Waals surface area contributed by atoms with Crippen LogP contribution in [0.25, 0.3) is 0 Å². The van der Waals surface area contributed by atoms with E-state index < -0.39 is 6.16 Å². The van der Waals surface area contributed by atoms with Crippen LogP contribution in [0.3, 0.4) is 0 Å². The smallest absolute Gasteiger partial charge is 0.434 e. The summed E-state index contributed by atoms with van der Waals surface area (Å²) in [6.07, 6.45) is 13.2. The first-order valence-electron chi connectivity index (χ1n) is 11.7. The molecule has 166 valence electrons. The van der Waals surface area contributed by atoms with Gasteiger partial charge in [0.15, 0.2) is 0 Å². The zero-order valence-corrected chi connectivity index (χ0v) is 18.7. The van der Waals surface area contributed by atoms with Gasteiger partial charge < -0.3 is 14.2 Å². The average molecular weight is 407 g/mol. The van der Waals surface area contributed by atoms with Crippen LogP contribution in [-0.2, 0) is 20.8 Å². The summed E-state index contributed by atoms with van der Waals surface area (Å²) >= 11 is 0. The topological polar surface area (TPSA) is 44.8 Å². The maximum atomic E-state index is 12.0. The predicted molar refractivity (Wildman–Crippen MR) is 119 cm³/mol. The van der Waals surface area contributed by atoms with Crippen LogP contribution in [0.1, 0.15) is 96.5 Å². The van der Waals surface area contributed by atoms with Crippen LogP contribution in [0.4, 0.5) is 4.79 Å². The van der Waals surface area contributed by atoms with Crippen LogP contribution in [0, 0.1) is 0 Å². The van der Waals surface area contributed by atoms with Crippen molar-refractivity contribution in [1.29, 1.82) is 0 Å². The van der Waals surface area contributed by atoms with Crippen molar-refractivity contribution in [3.63, 3.8) is 0 Å². The molecule has 1 aromatic rings. The lowest BCUT2D eigenvalue weighted by atomic mass is 10.1. The Hall–Kier alpha value is -1.55. The minimum atomic E-state index is -0.561. The van der Waals surface area contributed by atoms with Gasteiger partial charge in [-0.2, -0.15) is 0 Å². The molecule has 4 heteroatoms. The highest BCUT2D eigenvalue weighted by atomic mass is 16.7. The molecule has 0 aliphatic rings. The Morgan fingerprint density at radius 1 is 0.828 bits per heavy atom. The third-order valence-corrected chi connectivity index (χ3v) is 5.03. The van der Waals surface area contributed by atoms with Crippen molar-refractivity contribution in [3.8, 4) is 0 Å². The summed E-state index contributed by atoms with van der Waals surface area (Å²) in [6, 6.07) is 10.1. The molecule has 0 aromatic heterocycles. The molecule has 0 saturated carbocycles. The lowest BCUT2D eigenvalue weighted by Gasteiger charge is -2.18. The van der Waals surface area contributed by atoms with E-state index in [0.29, 0.717) is 19.8 Å². The van der Waals surface area contributed by atoms with E-state index in [0.717, 1.165) is 37.7 Å². The summed E-state index contributed by atoms with van der Waals surface area (Å²) in [5, 5.41) is 0. The van der Waals surface area contributed by atoms with Crippen LogP contribution < -0.4 is 0 Å².